The Labute approximate surface area is 177 Å². The lowest BCUT2D eigenvalue weighted by Gasteiger charge is -2.29. The van der Waals surface area contributed by atoms with Crippen molar-refractivity contribution >= 4 is 23.0 Å². The zero-order chi connectivity index (χ0) is 19.9. The molecular formula is C24H25ClN2O2. The van der Waals surface area contributed by atoms with Crippen LogP contribution in [0.1, 0.15) is 11.1 Å². The first-order chi connectivity index (χ1) is 14.3. The minimum Gasteiger partial charge on any atom is -0.489 e. The number of benzene rings is 3. The Hall–Kier alpha value is -2.69. The number of nitrogens with one attached hydrogen (secondary N) is 1. The van der Waals surface area contributed by atoms with E-state index < -0.39 is 0 Å². The van der Waals surface area contributed by atoms with Crippen LogP contribution in [0.5, 0.6) is 5.75 Å². The standard InChI is InChI=1S/C24H25ClN2O2/c25-23-16-21(8-11-24(23)27-12-14-28-15-13-27)26-17-19-6-9-22(10-7-19)29-18-20-4-2-1-3-5-20/h1-11,16,26H,12-15,17-18H2. The van der Waals surface area contributed by atoms with Crippen LogP contribution in [0.3, 0.4) is 0 Å². The van der Waals surface area contributed by atoms with Gasteiger partial charge in [-0.1, -0.05) is 54.1 Å². The molecule has 150 valence electrons. The molecule has 0 atom stereocenters. The predicted molar refractivity (Wildman–Crippen MR) is 119 cm³/mol. The summed E-state index contributed by atoms with van der Waals surface area (Å²) in [6, 6.07) is 24.5. The average Bonchev–Trinajstić information content (AvgIpc) is 2.78. The van der Waals surface area contributed by atoms with Crippen molar-refractivity contribution < 1.29 is 9.47 Å². The number of halogens is 1. The van der Waals surface area contributed by atoms with Gasteiger partial charge in [0, 0.05) is 25.3 Å². The first-order valence-corrected chi connectivity index (χ1v) is 10.3. The van der Waals surface area contributed by atoms with Gasteiger partial charge < -0.3 is 19.7 Å². The third-order valence-electron chi connectivity index (χ3n) is 4.97. The molecule has 0 radical (unpaired) electrons. The molecule has 0 bridgehead atoms. The van der Waals surface area contributed by atoms with Gasteiger partial charge in [-0.05, 0) is 41.5 Å². The maximum absolute atomic E-state index is 6.51. The molecule has 0 aliphatic carbocycles. The lowest BCUT2D eigenvalue weighted by Crippen LogP contribution is -2.36. The molecule has 1 aliphatic heterocycles. The zero-order valence-electron chi connectivity index (χ0n) is 16.3. The Morgan fingerprint density at radius 3 is 2.38 bits per heavy atom. The second-order valence-corrected chi connectivity index (χ2v) is 7.44. The van der Waals surface area contributed by atoms with Gasteiger partial charge in [0.2, 0.25) is 0 Å². The van der Waals surface area contributed by atoms with Gasteiger partial charge in [0.25, 0.3) is 0 Å². The lowest BCUT2D eigenvalue weighted by molar-refractivity contribution is 0.122. The summed E-state index contributed by atoms with van der Waals surface area (Å²) in [5.41, 5.74) is 4.43. The lowest BCUT2D eigenvalue weighted by atomic mass is 10.2. The minimum atomic E-state index is 0.576. The van der Waals surface area contributed by atoms with Crippen LogP contribution in [0.25, 0.3) is 0 Å². The van der Waals surface area contributed by atoms with E-state index in [-0.39, 0.29) is 0 Å². The topological polar surface area (TPSA) is 33.7 Å². The minimum absolute atomic E-state index is 0.576. The molecule has 1 aliphatic rings. The van der Waals surface area contributed by atoms with Crippen molar-refractivity contribution in [2.24, 2.45) is 0 Å². The van der Waals surface area contributed by atoms with Gasteiger partial charge in [-0.3, -0.25) is 0 Å². The summed E-state index contributed by atoms with van der Waals surface area (Å²) in [7, 11) is 0. The van der Waals surface area contributed by atoms with Crippen molar-refractivity contribution in [3.05, 3.63) is 88.9 Å². The maximum Gasteiger partial charge on any atom is 0.119 e. The summed E-state index contributed by atoms with van der Waals surface area (Å²) in [5, 5.41) is 4.21. The van der Waals surface area contributed by atoms with Crippen LogP contribution in [0.15, 0.2) is 72.8 Å². The highest BCUT2D eigenvalue weighted by Gasteiger charge is 2.14. The fraction of sp³-hybridized carbons (Fsp3) is 0.250. The second-order valence-electron chi connectivity index (χ2n) is 7.04. The monoisotopic (exact) mass is 408 g/mol. The number of morpholine rings is 1. The molecule has 3 aromatic carbocycles. The van der Waals surface area contributed by atoms with Crippen LogP contribution >= 0.6 is 11.6 Å². The molecule has 4 rings (SSSR count). The van der Waals surface area contributed by atoms with E-state index in [1.54, 1.807) is 0 Å². The highest BCUT2D eigenvalue weighted by Crippen LogP contribution is 2.29. The molecule has 1 fully saturated rings. The third-order valence-corrected chi connectivity index (χ3v) is 5.27. The molecule has 0 saturated carbocycles. The highest BCUT2D eigenvalue weighted by molar-refractivity contribution is 6.33. The van der Waals surface area contributed by atoms with Crippen LogP contribution in [-0.2, 0) is 17.9 Å². The van der Waals surface area contributed by atoms with E-state index in [4.69, 9.17) is 21.1 Å². The molecule has 1 heterocycles. The molecule has 29 heavy (non-hydrogen) atoms. The third kappa shape index (κ3) is 5.43. The van der Waals surface area contributed by atoms with E-state index in [2.05, 4.69) is 46.6 Å². The fourth-order valence-corrected chi connectivity index (χ4v) is 3.63. The highest BCUT2D eigenvalue weighted by atomic mass is 35.5. The smallest absolute Gasteiger partial charge is 0.119 e. The van der Waals surface area contributed by atoms with Crippen LogP contribution in [0, 0.1) is 0 Å². The molecule has 0 unspecified atom stereocenters. The Morgan fingerprint density at radius 2 is 1.66 bits per heavy atom. The van der Waals surface area contributed by atoms with Crippen LogP contribution < -0.4 is 15.0 Å². The van der Waals surface area contributed by atoms with Crippen LogP contribution in [0.4, 0.5) is 11.4 Å². The van der Waals surface area contributed by atoms with Crippen molar-refractivity contribution in [2.75, 3.05) is 36.5 Å². The van der Waals surface area contributed by atoms with E-state index >= 15 is 0 Å². The van der Waals surface area contributed by atoms with Crippen LogP contribution in [0.2, 0.25) is 5.02 Å². The number of hydrogen-bond acceptors (Lipinski definition) is 4. The van der Waals surface area contributed by atoms with Crippen molar-refractivity contribution in [3.63, 3.8) is 0 Å². The molecule has 3 aromatic rings. The molecule has 1 N–H and O–H groups in total. The summed E-state index contributed by atoms with van der Waals surface area (Å²) < 4.78 is 11.3. The van der Waals surface area contributed by atoms with E-state index in [9.17, 15) is 0 Å². The molecule has 0 spiro atoms. The van der Waals surface area contributed by atoms with E-state index in [0.29, 0.717) is 6.61 Å². The first-order valence-electron chi connectivity index (χ1n) is 9.90. The number of ether oxygens (including phenoxy) is 2. The molecule has 0 aromatic heterocycles. The van der Waals surface area contributed by atoms with Crippen molar-refractivity contribution in [3.8, 4) is 5.75 Å². The fourth-order valence-electron chi connectivity index (χ4n) is 3.33. The Bertz CT molecular complexity index is 910. The predicted octanol–water partition coefficient (Wildman–Crippen LogP) is 5.37. The number of anilines is 2. The Kier molecular flexibility index (Phi) is 6.55. The molecule has 1 saturated heterocycles. The number of hydrogen-bond donors (Lipinski definition) is 1. The van der Waals surface area contributed by atoms with E-state index in [1.807, 2.05) is 36.4 Å². The van der Waals surface area contributed by atoms with Crippen molar-refractivity contribution in [1.82, 2.24) is 0 Å². The average molecular weight is 409 g/mol. The summed E-state index contributed by atoms with van der Waals surface area (Å²) in [6.45, 7) is 4.57. The summed E-state index contributed by atoms with van der Waals surface area (Å²) in [4.78, 5) is 2.27. The van der Waals surface area contributed by atoms with Crippen molar-refractivity contribution in [1.29, 1.82) is 0 Å². The Morgan fingerprint density at radius 1 is 0.897 bits per heavy atom. The molecule has 0 amide bonds. The first kappa shape index (κ1) is 19.6. The number of rotatable bonds is 7. The largest absolute Gasteiger partial charge is 0.489 e. The summed E-state index contributed by atoms with van der Waals surface area (Å²) in [6.07, 6.45) is 0. The van der Waals surface area contributed by atoms with Gasteiger partial charge in [0.05, 0.1) is 23.9 Å². The van der Waals surface area contributed by atoms with Gasteiger partial charge in [0.1, 0.15) is 12.4 Å². The molecular weight excluding hydrogens is 384 g/mol. The molecule has 4 nitrogen and oxygen atoms in total. The van der Waals surface area contributed by atoms with Crippen LogP contribution in [-0.4, -0.2) is 26.3 Å². The second kappa shape index (κ2) is 9.68. The number of nitrogens with zero attached hydrogens (tertiary/aromatic N) is 1. The van der Waals surface area contributed by atoms with Gasteiger partial charge in [-0.2, -0.15) is 0 Å². The van der Waals surface area contributed by atoms with Gasteiger partial charge in [-0.25, -0.2) is 0 Å². The quantitative estimate of drug-likeness (QED) is 0.570. The molecule has 5 heteroatoms. The van der Waals surface area contributed by atoms with Gasteiger partial charge in [-0.15, -0.1) is 0 Å². The van der Waals surface area contributed by atoms with Gasteiger partial charge in [0.15, 0.2) is 0 Å². The SMILES string of the molecule is Clc1cc(NCc2ccc(OCc3ccccc3)cc2)ccc1N1CCOCC1. The normalized spacial score (nSPS) is 13.9. The zero-order valence-corrected chi connectivity index (χ0v) is 17.1. The van der Waals surface area contributed by atoms with Gasteiger partial charge >= 0.3 is 0 Å². The summed E-state index contributed by atoms with van der Waals surface area (Å²) >= 11 is 6.51. The van der Waals surface area contributed by atoms with Crippen molar-refractivity contribution in [2.45, 2.75) is 13.2 Å². The van der Waals surface area contributed by atoms with E-state index in [1.165, 1.54) is 5.56 Å². The Balaban J connectivity index is 1.30. The maximum atomic E-state index is 6.51. The van der Waals surface area contributed by atoms with E-state index in [0.717, 1.165) is 60.6 Å². The summed E-state index contributed by atoms with van der Waals surface area (Å²) in [5.74, 6) is 0.871.